The van der Waals surface area contributed by atoms with E-state index in [9.17, 15) is 19.5 Å². The average Bonchev–Trinajstić information content (AvgIpc) is 3.05. The van der Waals surface area contributed by atoms with Crippen molar-refractivity contribution in [2.45, 2.75) is 69.1 Å². The molecule has 0 bridgehead atoms. The molecule has 9 nitrogen and oxygen atoms in total. The van der Waals surface area contributed by atoms with Gasteiger partial charge in [-0.15, -0.1) is 0 Å². The van der Waals surface area contributed by atoms with Crippen LogP contribution in [0, 0.1) is 11.8 Å². The zero-order chi connectivity index (χ0) is 31.3. The third-order valence-electron chi connectivity index (χ3n) is 8.28. The Morgan fingerprint density at radius 1 is 1.11 bits per heavy atom. The Labute approximate surface area is 272 Å². The molecule has 3 atom stereocenters. The van der Waals surface area contributed by atoms with Crippen molar-refractivity contribution in [3.63, 3.8) is 0 Å². The Hall–Kier alpha value is -2.57. The second kappa shape index (κ2) is 17.8. The van der Waals surface area contributed by atoms with E-state index in [4.69, 9.17) is 21.1 Å². The molecule has 1 unspecified atom stereocenters. The van der Waals surface area contributed by atoms with Crippen molar-refractivity contribution < 1.29 is 29.0 Å². The van der Waals surface area contributed by atoms with Crippen molar-refractivity contribution in [2.75, 3.05) is 25.9 Å². The van der Waals surface area contributed by atoms with Crippen LogP contribution in [0.4, 0.5) is 4.79 Å². The maximum Gasteiger partial charge on any atom is 0.408 e. The minimum absolute atomic E-state index is 0.0191. The van der Waals surface area contributed by atoms with Gasteiger partial charge in [0.05, 0.1) is 30.7 Å². The summed E-state index contributed by atoms with van der Waals surface area (Å²) in [5, 5.41) is 12.6. The summed E-state index contributed by atoms with van der Waals surface area (Å²) in [6, 6.07) is 17.3. The summed E-state index contributed by atoms with van der Waals surface area (Å²) in [4.78, 5) is 44.2. The van der Waals surface area contributed by atoms with Gasteiger partial charge in [-0.25, -0.2) is 4.79 Å². The highest BCUT2D eigenvalue weighted by Crippen LogP contribution is 2.31. The van der Waals surface area contributed by atoms with E-state index in [-0.39, 0.29) is 37.2 Å². The van der Waals surface area contributed by atoms with Crippen molar-refractivity contribution in [1.82, 2.24) is 15.2 Å². The monoisotopic (exact) mass is 660 g/mol. The molecule has 239 valence electrons. The largest absolute Gasteiger partial charge is 0.445 e. The van der Waals surface area contributed by atoms with Crippen LogP contribution >= 0.6 is 24.2 Å². The molecule has 2 fully saturated rings. The van der Waals surface area contributed by atoms with Crippen molar-refractivity contribution >= 4 is 51.1 Å². The van der Waals surface area contributed by atoms with Crippen LogP contribution in [0.1, 0.15) is 62.2 Å². The summed E-state index contributed by atoms with van der Waals surface area (Å²) in [6.07, 6.45) is 5.22. The van der Waals surface area contributed by atoms with Gasteiger partial charge in [0, 0.05) is 18.0 Å². The number of rotatable bonds is 13. The molecule has 1 saturated heterocycles. The summed E-state index contributed by atoms with van der Waals surface area (Å²) in [6.45, 7) is 1.48. The van der Waals surface area contributed by atoms with E-state index in [0.717, 1.165) is 36.8 Å². The van der Waals surface area contributed by atoms with Crippen molar-refractivity contribution in [1.29, 1.82) is 0 Å². The van der Waals surface area contributed by atoms with Crippen molar-refractivity contribution in [3.8, 4) is 0 Å². The third kappa shape index (κ3) is 10.8. The first-order valence-corrected chi connectivity index (χ1v) is 18.2. The molecule has 1 aliphatic carbocycles. The molecule has 4 rings (SSSR count). The zero-order valence-corrected chi connectivity index (χ0v) is 27.6. The van der Waals surface area contributed by atoms with E-state index in [1.54, 1.807) is 29.2 Å². The number of ether oxygens (including phenoxy) is 2. The summed E-state index contributed by atoms with van der Waals surface area (Å²) >= 11 is 10.6. The van der Waals surface area contributed by atoms with Gasteiger partial charge in [0.1, 0.15) is 12.7 Å². The first kappa shape index (κ1) is 34.3. The fourth-order valence-electron chi connectivity index (χ4n) is 5.81. The zero-order valence-electron chi connectivity index (χ0n) is 25.0. The number of aliphatic hydroxyl groups excluding tert-OH is 1. The van der Waals surface area contributed by atoms with Gasteiger partial charge in [-0.3, -0.25) is 9.59 Å². The topological polar surface area (TPSA) is 117 Å². The number of benzene rings is 2. The van der Waals surface area contributed by atoms with Gasteiger partial charge >= 0.3 is 6.09 Å². The highest BCUT2D eigenvalue weighted by Gasteiger charge is 2.33. The quantitative estimate of drug-likeness (QED) is 0.136. The van der Waals surface area contributed by atoms with Gasteiger partial charge in [0.25, 0.3) is 0 Å². The summed E-state index contributed by atoms with van der Waals surface area (Å²) in [5.41, 5.74) is 1.78. The van der Waals surface area contributed by atoms with E-state index < -0.39 is 26.3 Å². The van der Waals surface area contributed by atoms with Gasteiger partial charge in [-0.05, 0) is 41.6 Å². The molecule has 3 N–H and O–H groups in total. The van der Waals surface area contributed by atoms with Crippen LogP contribution in [-0.2, 0) is 25.7 Å². The van der Waals surface area contributed by atoms with E-state index >= 15 is 0 Å². The fraction of sp³-hybridized carbons (Fsp3) is 0.531. The number of alkyl carbamates (subject to hydrolysis) is 1. The maximum absolute atomic E-state index is 13.6. The number of nitrogens with zero attached hydrogens (tertiary/aromatic N) is 1. The van der Waals surface area contributed by atoms with Gasteiger partial charge in [-0.1, -0.05) is 86.2 Å². The number of hydrogen-bond donors (Lipinski definition) is 4. The molecule has 1 aliphatic heterocycles. The Bertz CT molecular complexity index is 1220. The molecule has 1 heterocycles. The van der Waals surface area contributed by atoms with E-state index in [0.29, 0.717) is 43.1 Å². The molecule has 12 heteroatoms. The van der Waals surface area contributed by atoms with Crippen molar-refractivity contribution in [3.05, 3.63) is 70.7 Å². The predicted molar refractivity (Wildman–Crippen MR) is 174 cm³/mol. The SMILES string of the molecule is O=C(N[C@H](S)[C@@H](CC1CCCCC1)C(=O)N[Si](CO)CCC(=O)N1CCOC(c2ccccc2)C1)OCc1cccc(Cl)c1. The average molecular weight is 661 g/mol. The van der Waals surface area contributed by atoms with Crippen LogP contribution in [0.25, 0.3) is 0 Å². The van der Waals surface area contributed by atoms with Crippen LogP contribution in [0.5, 0.6) is 0 Å². The summed E-state index contributed by atoms with van der Waals surface area (Å²) in [5.74, 6) is -0.553. The Morgan fingerprint density at radius 2 is 1.89 bits per heavy atom. The van der Waals surface area contributed by atoms with Crippen molar-refractivity contribution in [2.24, 2.45) is 11.8 Å². The Balaban J connectivity index is 1.31. The normalized spacial score (nSPS) is 18.8. The van der Waals surface area contributed by atoms with Gasteiger partial charge in [-0.2, -0.15) is 12.6 Å². The summed E-state index contributed by atoms with van der Waals surface area (Å²) < 4.78 is 11.2. The lowest BCUT2D eigenvalue weighted by molar-refractivity contribution is -0.138. The molecule has 44 heavy (non-hydrogen) atoms. The number of hydrogen-bond acceptors (Lipinski definition) is 7. The van der Waals surface area contributed by atoms with E-state index in [2.05, 4.69) is 22.9 Å². The molecule has 1 radical (unpaired) electrons. The molecule has 2 aliphatic rings. The molecular formula is C32H43ClN3O6SSi. The first-order valence-electron chi connectivity index (χ1n) is 15.4. The molecule has 2 aromatic carbocycles. The molecule has 1 saturated carbocycles. The standard InChI is InChI=1S/C32H43ClN3O6SSi/c33-26-13-7-10-24(18-26)21-42-32(40)34-31(43)27(19-23-8-3-1-4-9-23)30(39)35-44(22-37)17-14-29(38)36-15-16-41-28(20-36)25-11-5-2-6-12-25/h2,5-7,10-13,18,23,27-28,31,37,43H,1,3-4,8-9,14-17,19-22H2,(H,34,40)(H,35,39)/t27-,28?,31+/m0/s1. The van der Waals surface area contributed by atoms with E-state index in [1.807, 2.05) is 30.3 Å². The third-order valence-corrected chi connectivity index (χ3v) is 10.8. The lowest BCUT2D eigenvalue weighted by Crippen LogP contribution is -2.51. The second-order valence-corrected chi connectivity index (χ2v) is 14.8. The molecule has 0 spiro atoms. The van der Waals surface area contributed by atoms with Crippen LogP contribution < -0.4 is 10.3 Å². The van der Waals surface area contributed by atoms with Gasteiger partial charge in [0.2, 0.25) is 11.8 Å². The predicted octanol–water partition coefficient (Wildman–Crippen LogP) is 5.04. The van der Waals surface area contributed by atoms with Crippen LogP contribution in [-0.4, -0.2) is 68.2 Å². The fourth-order valence-corrected chi connectivity index (χ4v) is 7.80. The van der Waals surface area contributed by atoms with Crippen LogP contribution in [0.3, 0.4) is 0 Å². The number of morpholine rings is 1. The highest BCUT2D eigenvalue weighted by molar-refractivity contribution is 7.81. The molecular weight excluding hydrogens is 618 g/mol. The molecule has 3 amide bonds. The number of carbonyl (C=O) groups excluding carboxylic acids is 3. The maximum atomic E-state index is 13.6. The minimum atomic E-state index is -1.79. The molecule has 2 aromatic rings. The first-order chi connectivity index (χ1) is 21.3. The number of aliphatic hydroxyl groups is 1. The van der Waals surface area contributed by atoms with Gasteiger partial charge in [0.15, 0.2) is 8.96 Å². The molecule has 0 aromatic heterocycles. The lowest BCUT2D eigenvalue weighted by Gasteiger charge is -2.33. The highest BCUT2D eigenvalue weighted by atomic mass is 35.5. The van der Waals surface area contributed by atoms with E-state index in [1.165, 1.54) is 6.42 Å². The number of thiol groups is 1. The smallest absolute Gasteiger partial charge is 0.408 e. The lowest BCUT2D eigenvalue weighted by atomic mass is 9.82. The van der Waals surface area contributed by atoms with Crippen LogP contribution in [0.2, 0.25) is 11.1 Å². The number of nitrogens with one attached hydrogen (secondary N) is 2. The number of carbonyl (C=O) groups is 3. The minimum Gasteiger partial charge on any atom is -0.445 e. The summed E-state index contributed by atoms with van der Waals surface area (Å²) in [7, 11) is -1.79. The number of amides is 3. The number of halogens is 1. The van der Waals surface area contributed by atoms with Crippen LogP contribution in [0.15, 0.2) is 54.6 Å². The Kier molecular flexibility index (Phi) is 13.9. The van der Waals surface area contributed by atoms with Gasteiger partial charge < -0.3 is 29.8 Å². The Morgan fingerprint density at radius 3 is 2.61 bits per heavy atom. The second-order valence-electron chi connectivity index (χ2n) is 11.5.